The number of carbonyl (C=O) groups is 1. The Morgan fingerprint density at radius 1 is 1.36 bits per heavy atom. The number of nitrogens with zero attached hydrogens (tertiary/aromatic N) is 3. The zero-order valence-electron chi connectivity index (χ0n) is 13.6. The van der Waals surface area contributed by atoms with E-state index in [4.69, 9.17) is 5.73 Å². The Hall–Kier alpha value is -1.43. The van der Waals surface area contributed by atoms with Gasteiger partial charge in [-0.15, -0.1) is 0 Å². The number of hydrogen-bond donors (Lipinski definition) is 2. The molecule has 1 aromatic heterocycles. The number of H-pyrrole nitrogens is 1. The highest BCUT2D eigenvalue weighted by Gasteiger charge is 2.41. The molecule has 0 aromatic carbocycles. The quantitative estimate of drug-likeness (QED) is 0.871. The Bertz CT molecular complexity index is 538. The van der Waals surface area contributed by atoms with Gasteiger partial charge in [-0.25, -0.2) is 4.98 Å². The van der Waals surface area contributed by atoms with Crippen LogP contribution >= 0.6 is 0 Å². The number of amides is 1. The summed E-state index contributed by atoms with van der Waals surface area (Å²) in [6.45, 7) is 5.51. The zero-order chi connectivity index (χ0) is 15.7. The number of nitrogens with two attached hydrogens (primary N) is 1. The van der Waals surface area contributed by atoms with Crippen molar-refractivity contribution >= 4 is 5.91 Å². The summed E-state index contributed by atoms with van der Waals surface area (Å²) in [5, 5.41) is 7.18. The first-order chi connectivity index (χ1) is 10.5. The zero-order valence-corrected chi connectivity index (χ0v) is 13.6. The molecule has 122 valence electrons. The lowest BCUT2D eigenvalue weighted by atomic mass is 9.73. The normalized spacial score (nSPS) is 33.0. The van der Waals surface area contributed by atoms with E-state index in [1.807, 2.05) is 18.7 Å². The van der Waals surface area contributed by atoms with E-state index >= 15 is 0 Å². The fourth-order valence-corrected chi connectivity index (χ4v) is 3.91. The van der Waals surface area contributed by atoms with Crippen molar-refractivity contribution in [2.75, 3.05) is 13.1 Å². The molecular formula is C16H27N5O. The second-order valence-electron chi connectivity index (χ2n) is 7.21. The van der Waals surface area contributed by atoms with Gasteiger partial charge in [-0.1, -0.05) is 12.8 Å². The molecule has 0 spiro atoms. The minimum absolute atomic E-state index is 0.0334. The number of aromatic amines is 1. The molecule has 2 heterocycles. The average molecular weight is 305 g/mol. The van der Waals surface area contributed by atoms with Crippen molar-refractivity contribution < 1.29 is 4.79 Å². The molecule has 3 N–H and O–H groups in total. The number of hydrogen-bond acceptors (Lipinski definition) is 4. The first-order valence-electron chi connectivity index (χ1n) is 8.44. The Labute approximate surface area is 131 Å². The summed E-state index contributed by atoms with van der Waals surface area (Å²) in [7, 11) is 0. The fourth-order valence-electron chi connectivity index (χ4n) is 3.91. The summed E-state index contributed by atoms with van der Waals surface area (Å²) in [6.07, 6.45) is 6.17. The minimum Gasteiger partial charge on any atom is -0.342 e. The predicted octanol–water partition coefficient (Wildman–Crippen LogP) is 1.73. The average Bonchev–Trinajstić information content (AvgIpc) is 2.93. The first kappa shape index (κ1) is 15.5. The second kappa shape index (κ2) is 5.99. The van der Waals surface area contributed by atoms with Gasteiger partial charge in [0.1, 0.15) is 5.82 Å². The maximum atomic E-state index is 12.9. The lowest BCUT2D eigenvalue weighted by molar-refractivity contribution is -0.140. The van der Waals surface area contributed by atoms with Gasteiger partial charge in [0.15, 0.2) is 5.82 Å². The third-order valence-corrected chi connectivity index (χ3v) is 5.27. The van der Waals surface area contributed by atoms with Gasteiger partial charge >= 0.3 is 0 Å². The number of rotatable bonds is 2. The number of nitrogens with one attached hydrogen (secondary N) is 1. The summed E-state index contributed by atoms with van der Waals surface area (Å²) >= 11 is 0. The molecule has 3 rings (SSSR count). The van der Waals surface area contributed by atoms with E-state index in [0.717, 1.165) is 63.3 Å². The van der Waals surface area contributed by atoms with Crippen LogP contribution in [0.3, 0.4) is 0 Å². The standard InChI is InChI=1S/C16H27N5O/c1-11-18-14(20-19-11)12-6-5-9-21(10-12)15(22)13-7-3-4-8-16(13,2)17/h12-13H,3-10,17H2,1-2H3,(H,18,19,20). The maximum absolute atomic E-state index is 12.9. The Balaban J connectivity index is 1.70. The van der Waals surface area contributed by atoms with Crippen molar-refractivity contribution in [2.45, 2.75) is 63.8 Å². The van der Waals surface area contributed by atoms with E-state index in [1.54, 1.807) is 0 Å². The molecule has 22 heavy (non-hydrogen) atoms. The van der Waals surface area contributed by atoms with E-state index in [0.29, 0.717) is 0 Å². The molecule has 3 atom stereocenters. The highest BCUT2D eigenvalue weighted by Crippen LogP contribution is 2.34. The molecule has 1 aliphatic heterocycles. The topological polar surface area (TPSA) is 87.9 Å². The highest BCUT2D eigenvalue weighted by atomic mass is 16.2. The van der Waals surface area contributed by atoms with Crippen molar-refractivity contribution in [1.82, 2.24) is 20.1 Å². The van der Waals surface area contributed by atoms with Crippen molar-refractivity contribution in [3.05, 3.63) is 11.6 Å². The van der Waals surface area contributed by atoms with Crippen LogP contribution in [-0.4, -0.2) is 44.6 Å². The van der Waals surface area contributed by atoms with Crippen LogP contribution < -0.4 is 5.73 Å². The molecule has 3 unspecified atom stereocenters. The molecule has 0 bridgehead atoms. The molecule has 1 aliphatic carbocycles. The van der Waals surface area contributed by atoms with Crippen LogP contribution in [0.2, 0.25) is 0 Å². The molecule has 6 heteroatoms. The van der Waals surface area contributed by atoms with Crippen LogP contribution in [0.25, 0.3) is 0 Å². The van der Waals surface area contributed by atoms with Gasteiger partial charge in [-0.05, 0) is 39.5 Å². The maximum Gasteiger partial charge on any atom is 0.227 e. The molecule has 1 saturated heterocycles. The fraction of sp³-hybridized carbons (Fsp3) is 0.812. The van der Waals surface area contributed by atoms with Gasteiger partial charge < -0.3 is 10.6 Å². The lowest BCUT2D eigenvalue weighted by Gasteiger charge is -2.41. The van der Waals surface area contributed by atoms with Crippen molar-refractivity contribution in [1.29, 1.82) is 0 Å². The van der Waals surface area contributed by atoms with Crippen LogP contribution in [0, 0.1) is 12.8 Å². The number of piperidine rings is 1. The third kappa shape index (κ3) is 3.02. The van der Waals surface area contributed by atoms with Crippen molar-refractivity contribution in [3.63, 3.8) is 0 Å². The smallest absolute Gasteiger partial charge is 0.227 e. The summed E-state index contributed by atoms with van der Waals surface area (Å²) in [4.78, 5) is 19.4. The van der Waals surface area contributed by atoms with Crippen LogP contribution in [0.4, 0.5) is 0 Å². The third-order valence-electron chi connectivity index (χ3n) is 5.27. The van der Waals surface area contributed by atoms with E-state index in [2.05, 4.69) is 15.2 Å². The Morgan fingerprint density at radius 2 is 2.18 bits per heavy atom. The molecule has 2 aliphatic rings. The van der Waals surface area contributed by atoms with Crippen LogP contribution in [-0.2, 0) is 4.79 Å². The molecule has 1 saturated carbocycles. The number of aryl methyl sites for hydroxylation is 1. The van der Waals surface area contributed by atoms with Gasteiger partial charge in [0.05, 0.1) is 5.92 Å². The number of carbonyl (C=O) groups excluding carboxylic acids is 1. The van der Waals surface area contributed by atoms with Crippen LogP contribution in [0.5, 0.6) is 0 Å². The van der Waals surface area contributed by atoms with Crippen molar-refractivity contribution in [2.24, 2.45) is 11.7 Å². The SMILES string of the molecule is Cc1nc(C2CCCN(C(=O)C3CCCCC3(C)N)C2)n[nH]1. The molecular weight excluding hydrogens is 278 g/mol. The van der Waals surface area contributed by atoms with Gasteiger partial charge in [-0.3, -0.25) is 9.89 Å². The lowest BCUT2D eigenvalue weighted by Crippen LogP contribution is -2.55. The minimum atomic E-state index is -0.358. The molecule has 6 nitrogen and oxygen atoms in total. The summed E-state index contributed by atoms with van der Waals surface area (Å²) in [5.41, 5.74) is 6.04. The second-order valence-corrected chi connectivity index (χ2v) is 7.21. The van der Waals surface area contributed by atoms with Crippen molar-refractivity contribution in [3.8, 4) is 0 Å². The van der Waals surface area contributed by atoms with E-state index in [-0.39, 0.29) is 23.3 Å². The molecule has 2 fully saturated rings. The van der Waals surface area contributed by atoms with E-state index in [9.17, 15) is 4.79 Å². The van der Waals surface area contributed by atoms with Gasteiger partial charge in [0, 0.05) is 24.5 Å². The summed E-state index contributed by atoms with van der Waals surface area (Å²) in [6, 6.07) is 0. The highest BCUT2D eigenvalue weighted by molar-refractivity contribution is 5.80. The molecule has 1 amide bonds. The van der Waals surface area contributed by atoms with Gasteiger partial charge in [-0.2, -0.15) is 5.10 Å². The summed E-state index contributed by atoms with van der Waals surface area (Å²) in [5.74, 6) is 2.13. The number of aromatic nitrogens is 3. The first-order valence-corrected chi connectivity index (χ1v) is 8.44. The monoisotopic (exact) mass is 305 g/mol. The van der Waals surface area contributed by atoms with E-state index < -0.39 is 0 Å². The van der Waals surface area contributed by atoms with Crippen LogP contribution in [0.1, 0.15) is 63.0 Å². The Morgan fingerprint density at radius 3 is 2.86 bits per heavy atom. The predicted molar refractivity (Wildman–Crippen MR) is 84.2 cm³/mol. The largest absolute Gasteiger partial charge is 0.342 e. The Kier molecular flexibility index (Phi) is 4.21. The van der Waals surface area contributed by atoms with Gasteiger partial charge in [0.2, 0.25) is 5.91 Å². The van der Waals surface area contributed by atoms with Gasteiger partial charge in [0.25, 0.3) is 0 Å². The van der Waals surface area contributed by atoms with Crippen LogP contribution in [0.15, 0.2) is 0 Å². The summed E-state index contributed by atoms with van der Waals surface area (Å²) < 4.78 is 0. The number of likely N-dealkylation sites (tertiary alicyclic amines) is 1. The van der Waals surface area contributed by atoms with E-state index in [1.165, 1.54) is 0 Å². The molecule has 0 radical (unpaired) electrons. The molecule has 1 aromatic rings.